The number of nitrogens with zero attached hydrogens (tertiary/aromatic N) is 1. The highest BCUT2D eigenvalue weighted by molar-refractivity contribution is 9.11. The fourth-order valence-electron chi connectivity index (χ4n) is 2.29. The van der Waals surface area contributed by atoms with Crippen LogP contribution in [0, 0.1) is 24.2 Å². The number of amides is 1. The zero-order valence-electron chi connectivity index (χ0n) is 15.3. The van der Waals surface area contributed by atoms with Gasteiger partial charge in [-0.1, -0.05) is 26.0 Å². The first-order chi connectivity index (χ1) is 12.8. The number of hydrogen-bond acceptors (Lipinski definition) is 3. The monoisotopic (exact) mass is 490 g/mol. The van der Waals surface area contributed by atoms with Gasteiger partial charge < -0.3 is 10.1 Å². The van der Waals surface area contributed by atoms with Crippen molar-refractivity contribution in [2.75, 3.05) is 11.9 Å². The zero-order chi connectivity index (χ0) is 20.0. The molecule has 1 N–H and O–H groups in total. The second-order valence-electron chi connectivity index (χ2n) is 6.51. The van der Waals surface area contributed by atoms with Crippen molar-refractivity contribution in [2.45, 2.75) is 20.8 Å². The summed E-state index contributed by atoms with van der Waals surface area (Å²) >= 11 is 6.98. The van der Waals surface area contributed by atoms with Gasteiger partial charge >= 0.3 is 0 Å². The molecular formula is C21H20Br2N2O2. The van der Waals surface area contributed by atoms with Crippen LogP contribution >= 0.6 is 31.9 Å². The number of aryl methyl sites for hydroxylation is 1. The molecule has 2 rings (SSSR count). The maximum Gasteiger partial charge on any atom is 0.266 e. The molecule has 2 aromatic carbocycles. The quantitative estimate of drug-likeness (QED) is 0.392. The second kappa shape index (κ2) is 9.72. The van der Waals surface area contributed by atoms with Crippen molar-refractivity contribution in [3.8, 4) is 11.8 Å². The van der Waals surface area contributed by atoms with E-state index in [2.05, 4.69) is 51.0 Å². The molecule has 0 radical (unpaired) electrons. The average molecular weight is 492 g/mol. The fraction of sp³-hybridized carbons (Fsp3) is 0.238. The average Bonchev–Trinajstić information content (AvgIpc) is 2.58. The minimum absolute atomic E-state index is 0.0196. The predicted octanol–water partition coefficient (Wildman–Crippen LogP) is 6.10. The molecule has 27 heavy (non-hydrogen) atoms. The maximum absolute atomic E-state index is 12.4. The van der Waals surface area contributed by atoms with E-state index in [1.54, 1.807) is 12.1 Å². The number of benzene rings is 2. The van der Waals surface area contributed by atoms with Crippen LogP contribution in [0.15, 0.2) is 50.9 Å². The summed E-state index contributed by atoms with van der Waals surface area (Å²) in [5, 5.41) is 12.2. The van der Waals surface area contributed by atoms with Crippen molar-refractivity contribution in [1.82, 2.24) is 0 Å². The van der Waals surface area contributed by atoms with Crippen molar-refractivity contribution in [3.05, 3.63) is 62.0 Å². The Kier molecular flexibility index (Phi) is 7.64. The molecule has 140 valence electrons. The van der Waals surface area contributed by atoms with Crippen LogP contribution in [0.25, 0.3) is 6.08 Å². The van der Waals surface area contributed by atoms with Crippen molar-refractivity contribution < 1.29 is 9.53 Å². The van der Waals surface area contributed by atoms with Crippen molar-refractivity contribution in [3.63, 3.8) is 0 Å². The maximum atomic E-state index is 12.4. The van der Waals surface area contributed by atoms with E-state index in [9.17, 15) is 10.1 Å². The zero-order valence-corrected chi connectivity index (χ0v) is 18.5. The van der Waals surface area contributed by atoms with Crippen LogP contribution in [0.4, 0.5) is 5.69 Å². The molecule has 0 aliphatic carbocycles. The topological polar surface area (TPSA) is 62.1 Å². The second-order valence-corrected chi connectivity index (χ2v) is 8.22. The molecule has 0 aliphatic heterocycles. The van der Waals surface area contributed by atoms with Gasteiger partial charge in [0, 0.05) is 5.69 Å². The predicted molar refractivity (Wildman–Crippen MR) is 116 cm³/mol. The molecule has 0 fully saturated rings. The number of rotatable bonds is 6. The van der Waals surface area contributed by atoms with Crippen LogP contribution in [-0.2, 0) is 4.79 Å². The lowest BCUT2D eigenvalue weighted by molar-refractivity contribution is -0.112. The molecule has 0 heterocycles. The molecule has 6 heteroatoms. The molecule has 1 amide bonds. The number of hydrogen-bond donors (Lipinski definition) is 1. The lowest BCUT2D eigenvalue weighted by atomic mass is 10.1. The Morgan fingerprint density at radius 1 is 1.26 bits per heavy atom. The summed E-state index contributed by atoms with van der Waals surface area (Å²) in [4.78, 5) is 12.4. The van der Waals surface area contributed by atoms with Gasteiger partial charge in [0.25, 0.3) is 5.91 Å². The molecule has 0 saturated carbocycles. The minimum Gasteiger partial charge on any atom is -0.491 e. The highest BCUT2D eigenvalue weighted by atomic mass is 79.9. The van der Waals surface area contributed by atoms with E-state index in [4.69, 9.17) is 4.74 Å². The standard InChI is InChI=1S/C21H20Br2N2O2/c1-13(2)12-27-20-18(22)9-15(10-19(20)23)8-16(11-24)21(26)25-17-6-4-5-14(3)7-17/h4-10,13H,12H2,1-3H3,(H,25,26)/b16-8+. The summed E-state index contributed by atoms with van der Waals surface area (Å²) in [6, 6.07) is 13.0. The van der Waals surface area contributed by atoms with Crippen LogP contribution in [0.2, 0.25) is 0 Å². The summed E-state index contributed by atoms with van der Waals surface area (Å²) in [6.45, 7) is 6.68. The number of nitriles is 1. The van der Waals surface area contributed by atoms with E-state index < -0.39 is 5.91 Å². The normalized spacial score (nSPS) is 11.2. The van der Waals surface area contributed by atoms with Crippen molar-refractivity contribution in [1.29, 1.82) is 5.26 Å². The number of carbonyl (C=O) groups excluding carboxylic acids is 1. The van der Waals surface area contributed by atoms with E-state index in [1.807, 2.05) is 43.3 Å². The molecule has 0 saturated heterocycles. The molecule has 0 unspecified atom stereocenters. The largest absolute Gasteiger partial charge is 0.491 e. The molecule has 0 aromatic heterocycles. The number of halogens is 2. The lowest BCUT2D eigenvalue weighted by Crippen LogP contribution is -2.13. The van der Waals surface area contributed by atoms with E-state index >= 15 is 0 Å². The van der Waals surface area contributed by atoms with Gasteiger partial charge in [0.15, 0.2) is 0 Å². The number of anilines is 1. The first kappa shape index (κ1) is 21.2. The van der Waals surface area contributed by atoms with Crippen LogP contribution in [0.1, 0.15) is 25.0 Å². The van der Waals surface area contributed by atoms with Crippen molar-refractivity contribution >= 4 is 49.5 Å². The highest BCUT2D eigenvalue weighted by Crippen LogP contribution is 2.35. The van der Waals surface area contributed by atoms with Gasteiger partial charge in [0.2, 0.25) is 0 Å². The number of nitrogens with one attached hydrogen (secondary N) is 1. The molecule has 4 nitrogen and oxygen atoms in total. The van der Waals surface area contributed by atoms with E-state index in [1.165, 1.54) is 0 Å². The Balaban J connectivity index is 2.24. The Morgan fingerprint density at radius 2 is 1.93 bits per heavy atom. The first-order valence-corrected chi connectivity index (χ1v) is 10.0. The summed E-state index contributed by atoms with van der Waals surface area (Å²) in [5.74, 6) is 0.651. The third-order valence-corrected chi connectivity index (χ3v) is 4.71. The van der Waals surface area contributed by atoms with Gasteiger partial charge in [-0.25, -0.2) is 0 Å². The highest BCUT2D eigenvalue weighted by Gasteiger charge is 2.13. The number of ether oxygens (including phenoxy) is 1. The Labute approximate surface area is 176 Å². The fourth-order valence-corrected chi connectivity index (χ4v) is 3.74. The van der Waals surface area contributed by atoms with Crippen LogP contribution in [0.5, 0.6) is 5.75 Å². The van der Waals surface area contributed by atoms with Gasteiger partial charge in [-0.15, -0.1) is 0 Å². The summed E-state index contributed by atoms with van der Waals surface area (Å²) in [6.07, 6.45) is 1.55. The lowest BCUT2D eigenvalue weighted by Gasteiger charge is -2.13. The summed E-state index contributed by atoms with van der Waals surface area (Å²) < 4.78 is 7.29. The van der Waals surface area contributed by atoms with Gasteiger partial charge in [-0.05, 0) is 86.2 Å². The summed E-state index contributed by atoms with van der Waals surface area (Å²) in [7, 11) is 0. The van der Waals surface area contributed by atoms with Gasteiger partial charge in [0.05, 0.1) is 15.6 Å². The molecule has 2 aromatic rings. The summed E-state index contributed by atoms with van der Waals surface area (Å²) in [5.41, 5.74) is 2.41. The first-order valence-electron chi connectivity index (χ1n) is 8.41. The van der Waals surface area contributed by atoms with Gasteiger partial charge in [0.1, 0.15) is 17.4 Å². The molecule has 0 atom stereocenters. The Morgan fingerprint density at radius 3 is 2.48 bits per heavy atom. The number of carbonyl (C=O) groups is 1. The van der Waals surface area contributed by atoms with E-state index in [0.717, 1.165) is 14.5 Å². The third kappa shape index (κ3) is 6.23. The molecule has 0 bridgehead atoms. The van der Waals surface area contributed by atoms with Crippen LogP contribution < -0.4 is 10.1 Å². The van der Waals surface area contributed by atoms with Crippen LogP contribution in [-0.4, -0.2) is 12.5 Å². The van der Waals surface area contributed by atoms with E-state index in [0.29, 0.717) is 29.5 Å². The third-order valence-electron chi connectivity index (χ3n) is 3.53. The van der Waals surface area contributed by atoms with Crippen molar-refractivity contribution in [2.24, 2.45) is 5.92 Å². The Bertz CT molecular complexity index is 892. The van der Waals surface area contributed by atoms with Gasteiger partial charge in [-0.2, -0.15) is 5.26 Å². The van der Waals surface area contributed by atoms with E-state index in [-0.39, 0.29) is 5.57 Å². The Hall–Kier alpha value is -2.10. The molecular weight excluding hydrogens is 472 g/mol. The minimum atomic E-state index is -0.449. The van der Waals surface area contributed by atoms with Crippen LogP contribution in [0.3, 0.4) is 0 Å². The molecule has 0 aliphatic rings. The smallest absolute Gasteiger partial charge is 0.266 e. The van der Waals surface area contributed by atoms with Gasteiger partial charge in [-0.3, -0.25) is 4.79 Å². The SMILES string of the molecule is Cc1cccc(NC(=O)/C(C#N)=C/c2cc(Br)c(OCC(C)C)c(Br)c2)c1. The molecule has 0 spiro atoms.